The SMILES string of the molecule is CC(NC(=O)C1C2CCC(C2)C1N)c1cccc(Cl)c1. The highest BCUT2D eigenvalue weighted by Crippen LogP contribution is 2.47. The van der Waals surface area contributed by atoms with Crippen LogP contribution in [-0.2, 0) is 4.79 Å². The van der Waals surface area contributed by atoms with E-state index >= 15 is 0 Å². The summed E-state index contributed by atoms with van der Waals surface area (Å²) >= 11 is 5.99. The first kappa shape index (κ1) is 13.9. The highest BCUT2D eigenvalue weighted by Gasteiger charge is 2.49. The maximum Gasteiger partial charge on any atom is 0.225 e. The lowest BCUT2D eigenvalue weighted by Crippen LogP contribution is -2.45. The highest BCUT2D eigenvalue weighted by molar-refractivity contribution is 6.30. The van der Waals surface area contributed by atoms with Gasteiger partial charge in [0, 0.05) is 11.1 Å². The van der Waals surface area contributed by atoms with Gasteiger partial charge in [0.2, 0.25) is 5.91 Å². The van der Waals surface area contributed by atoms with Crippen LogP contribution in [0, 0.1) is 17.8 Å². The molecule has 5 unspecified atom stereocenters. The molecular weight excluding hydrogens is 272 g/mol. The van der Waals surface area contributed by atoms with E-state index in [9.17, 15) is 4.79 Å². The fraction of sp³-hybridized carbons (Fsp3) is 0.562. The van der Waals surface area contributed by atoms with Gasteiger partial charge in [-0.25, -0.2) is 0 Å². The topological polar surface area (TPSA) is 55.1 Å². The number of benzene rings is 1. The molecule has 2 bridgehead atoms. The van der Waals surface area contributed by atoms with E-state index in [1.165, 1.54) is 6.42 Å². The molecule has 1 aromatic rings. The monoisotopic (exact) mass is 292 g/mol. The van der Waals surface area contributed by atoms with Crippen LogP contribution in [0.5, 0.6) is 0 Å². The van der Waals surface area contributed by atoms with E-state index < -0.39 is 0 Å². The molecule has 108 valence electrons. The average Bonchev–Trinajstić information content (AvgIpc) is 2.99. The average molecular weight is 293 g/mol. The third-order valence-electron chi connectivity index (χ3n) is 4.99. The van der Waals surface area contributed by atoms with E-state index in [0.29, 0.717) is 16.9 Å². The van der Waals surface area contributed by atoms with Crippen LogP contribution in [0.3, 0.4) is 0 Å². The molecule has 0 saturated heterocycles. The van der Waals surface area contributed by atoms with E-state index in [4.69, 9.17) is 17.3 Å². The van der Waals surface area contributed by atoms with Gasteiger partial charge in [0.1, 0.15) is 0 Å². The summed E-state index contributed by atoms with van der Waals surface area (Å²) in [4.78, 5) is 12.5. The second-order valence-corrected chi connectivity index (χ2v) is 6.66. The number of rotatable bonds is 3. The van der Waals surface area contributed by atoms with Crippen LogP contribution in [0.15, 0.2) is 24.3 Å². The number of hydrogen-bond acceptors (Lipinski definition) is 2. The third-order valence-corrected chi connectivity index (χ3v) is 5.23. The number of hydrogen-bond donors (Lipinski definition) is 2. The van der Waals surface area contributed by atoms with Crippen LogP contribution in [0.2, 0.25) is 5.02 Å². The first-order chi connectivity index (χ1) is 9.56. The van der Waals surface area contributed by atoms with Crippen molar-refractivity contribution in [2.75, 3.05) is 0 Å². The van der Waals surface area contributed by atoms with Crippen molar-refractivity contribution in [3.8, 4) is 0 Å². The van der Waals surface area contributed by atoms with Crippen molar-refractivity contribution in [1.29, 1.82) is 0 Å². The van der Waals surface area contributed by atoms with Crippen molar-refractivity contribution in [3.05, 3.63) is 34.9 Å². The molecular formula is C16H21ClN2O. The Bertz CT molecular complexity index is 517. The maximum absolute atomic E-state index is 12.5. The highest BCUT2D eigenvalue weighted by atomic mass is 35.5. The van der Waals surface area contributed by atoms with Gasteiger partial charge in [-0.1, -0.05) is 23.7 Å². The summed E-state index contributed by atoms with van der Waals surface area (Å²) in [5.41, 5.74) is 7.25. The quantitative estimate of drug-likeness (QED) is 0.900. The first-order valence-electron chi connectivity index (χ1n) is 7.37. The van der Waals surface area contributed by atoms with E-state index in [1.807, 2.05) is 31.2 Å². The second kappa shape index (κ2) is 5.38. The molecule has 2 aliphatic rings. The van der Waals surface area contributed by atoms with Gasteiger partial charge in [-0.2, -0.15) is 0 Å². The molecule has 3 nitrogen and oxygen atoms in total. The van der Waals surface area contributed by atoms with Gasteiger partial charge in [0.15, 0.2) is 0 Å². The van der Waals surface area contributed by atoms with Crippen molar-refractivity contribution < 1.29 is 4.79 Å². The zero-order chi connectivity index (χ0) is 14.3. The zero-order valence-corrected chi connectivity index (χ0v) is 12.4. The smallest absolute Gasteiger partial charge is 0.225 e. The summed E-state index contributed by atoms with van der Waals surface area (Å²) in [6.45, 7) is 1.99. The molecule has 0 heterocycles. The summed E-state index contributed by atoms with van der Waals surface area (Å²) in [6.07, 6.45) is 3.48. The third kappa shape index (κ3) is 2.45. The van der Waals surface area contributed by atoms with Crippen molar-refractivity contribution in [2.24, 2.45) is 23.5 Å². The molecule has 0 spiro atoms. The Morgan fingerprint density at radius 2 is 2.15 bits per heavy atom. The number of halogens is 1. The number of nitrogens with one attached hydrogen (secondary N) is 1. The molecule has 4 heteroatoms. The Morgan fingerprint density at radius 3 is 2.80 bits per heavy atom. The molecule has 20 heavy (non-hydrogen) atoms. The fourth-order valence-corrected chi connectivity index (χ4v) is 4.09. The molecule has 3 rings (SSSR count). The summed E-state index contributed by atoms with van der Waals surface area (Å²) in [7, 11) is 0. The van der Waals surface area contributed by atoms with Crippen LogP contribution in [-0.4, -0.2) is 11.9 Å². The lowest BCUT2D eigenvalue weighted by molar-refractivity contribution is -0.127. The Hall–Kier alpha value is -1.06. The Balaban J connectivity index is 1.67. The molecule has 3 N–H and O–H groups in total. The summed E-state index contributed by atoms with van der Waals surface area (Å²) in [5.74, 6) is 1.14. The summed E-state index contributed by atoms with van der Waals surface area (Å²) in [5, 5.41) is 3.80. The number of amides is 1. The van der Waals surface area contributed by atoms with E-state index in [1.54, 1.807) is 0 Å². The van der Waals surface area contributed by atoms with Crippen molar-refractivity contribution in [3.63, 3.8) is 0 Å². The molecule has 1 amide bonds. The molecule has 0 aliphatic heterocycles. The van der Waals surface area contributed by atoms with Crippen LogP contribution in [0.4, 0.5) is 0 Å². The minimum absolute atomic E-state index is 0.00427. The Labute approximate surface area is 124 Å². The molecule has 0 radical (unpaired) electrons. The molecule has 1 aromatic carbocycles. The standard InChI is InChI=1S/C16H21ClN2O/c1-9(10-3-2-4-13(17)8-10)19-16(20)14-11-5-6-12(7-11)15(14)18/h2-4,8-9,11-12,14-15H,5-7,18H2,1H3,(H,19,20). The van der Waals surface area contributed by atoms with Crippen molar-refractivity contribution in [1.82, 2.24) is 5.32 Å². The summed E-state index contributed by atoms with van der Waals surface area (Å²) in [6, 6.07) is 7.63. The Kier molecular flexibility index (Phi) is 3.74. The van der Waals surface area contributed by atoms with E-state index in [2.05, 4.69) is 5.32 Å². The van der Waals surface area contributed by atoms with Crippen molar-refractivity contribution in [2.45, 2.75) is 38.3 Å². The fourth-order valence-electron chi connectivity index (χ4n) is 3.89. The van der Waals surface area contributed by atoms with Gasteiger partial charge in [0.25, 0.3) is 0 Å². The van der Waals surface area contributed by atoms with Gasteiger partial charge >= 0.3 is 0 Å². The lowest BCUT2D eigenvalue weighted by atomic mass is 9.84. The largest absolute Gasteiger partial charge is 0.349 e. The number of carbonyl (C=O) groups excluding carboxylic acids is 1. The van der Waals surface area contributed by atoms with Crippen LogP contribution in [0.1, 0.15) is 37.8 Å². The van der Waals surface area contributed by atoms with Gasteiger partial charge < -0.3 is 11.1 Å². The van der Waals surface area contributed by atoms with Gasteiger partial charge in [-0.15, -0.1) is 0 Å². The van der Waals surface area contributed by atoms with Gasteiger partial charge in [-0.3, -0.25) is 4.79 Å². The maximum atomic E-state index is 12.5. The van der Waals surface area contributed by atoms with Gasteiger partial charge in [0.05, 0.1) is 12.0 Å². The zero-order valence-electron chi connectivity index (χ0n) is 11.7. The normalized spacial score (nSPS) is 33.1. The van der Waals surface area contributed by atoms with E-state index in [0.717, 1.165) is 18.4 Å². The second-order valence-electron chi connectivity index (χ2n) is 6.22. The number of carbonyl (C=O) groups is 1. The molecule has 2 saturated carbocycles. The first-order valence-corrected chi connectivity index (χ1v) is 7.75. The predicted molar refractivity (Wildman–Crippen MR) is 80.3 cm³/mol. The van der Waals surface area contributed by atoms with Crippen molar-refractivity contribution >= 4 is 17.5 Å². The van der Waals surface area contributed by atoms with Crippen LogP contribution in [0.25, 0.3) is 0 Å². The summed E-state index contributed by atoms with van der Waals surface area (Å²) < 4.78 is 0. The minimum Gasteiger partial charge on any atom is -0.349 e. The molecule has 0 aromatic heterocycles. The van der Waals surface area contributed by atoms with Gasteiger partial charge in [-0.05, 0) is 55.7 Å². The Morgan fingerprint density at radius 1 is 1.40 bits per heavy atom. The molecule has 5 atom stereocenters. The van der Waals surface area contributed by atoms with Crippen LogP contribution < -0.4 is 11.1 Å². The lowest BCUT2D eigenvalue weighted by Gasteiger charge is -2.28. The van der Waals surface area contributed by atoms with E-state index in [-0.39, 0.29) is 23.9 Å². The number of fused-ring (bicyclic) bond motifs is 2. The molecule has 2 aliphatic carbocycles. The minimum atomic E-state index is -0.0347. The predicted octanol–water partition coefficient (Wildman–Crippen LogP) is 2.89. The molecule has 2 fully saturated rings. The van der Waals surface area contributed by atoms with Crippen LogP contribution >= 0.6 is 11.6 Å². The number of nitrogens with two attached hydrogens (primary N) is 1.